The topological polar surface area (TPSA) is 269 Å². The van der Waals surface area contributed by atoms with Crippen LogP contribution in [0.25, 0.3) is 0 Å². The first-order valence-corrected chi connectivity index (χ1v) is 19.0. The normalized spacial score (nSPS) is 10.3. The molecule has 0 fully saturated rings. The minimum atomic E-state index is -1.42. The van der Waals surface area contributed by atoms with E-state index >= 15 is 0 Å². The summed E-state index contributed by atoms with van der Waals surface area (Å²) in [6.07, 6.45) is 14.2. The number of aliphatic carboxylic acids is 5. The van der Waals surface area contributed by atoms with Crippen molar-refractivity contribution in [1.82, 2.24) is 25.3 Å². The first kappa shape index (κ1) is 70.8. The Morgan fingerprint density at radius 2 is 0.552 bits per heavy atom. The molecule has 0 aromatic carbocycles. The average molecular weight is 870 g/mol. The molecule has 0 bridgehead atoms. The summed E-state index contributed by atoms with van der Waals surface area (Å²) in [5.41, 5.74) is 0. The number of hydrogen-bond donors (Lipinski definition) is 2. The monoisotopic (exact) mass is 869 g/mol. The maximum Gasteiger partial charge on any atom is 1.00 e. The summed E-state index contributed by atoms with van der Waals surface area (Å²) in [5.74, 6) is -7.12. The molecule has 0 unspecified atom stereocenters. The fraction of sp³-hybridized carbons (Fsp3) is 0.806. The van der Waals surface area contributed by atoms with E-state index in [4.69, 9.17) is 0 Å². The number of unbranched alkanes of at least 4 members (excludes halogenated alkanes) is 14. The Hall–Kier alpha value is 1.17. The Balaban J connectivity index is -0.00000135. The van der Waals surface area contributed by atoms with Crippen molar-refractivity contribution in [2.75, 3.05) is 72.0 Å². The molecular weight excluding hydrogens is 809 g/mol. The van der Waals surface area contributed by atoms with Gasteiger partial charge in [-0.25, -0.2) is 0 Å². The first-order valence-electron chi connectivity index (χ1n) is 19.0. The quantitative estimate of drug-likeness (QED) is 0.0431. The van der Waals surface area contributed by atoms with Gasteiger partial charge in [-0.3, -0.25) is 24.3 Å². The molecule has 0 atom stereocenters. The van der Waals surface area contributed by atoms with E-state index in [0.717, 1.165) is 89.9 Å². The van der Waals surface area contributed by atoms with Gasteiger partial charge in [-0.1, -0.05) is 77.0 Å². The van der Waals surface area contributed by atoms with Crippen molar-refractivity contribution in [2.45, 2.75) is 116 Å². The fourth-order valence-electron chi connectivity index (χ4n) is 5.69. The summed E-state index contributed by atoms with van der Waals surface area (Å²) in [6, 6.07) is 0. The van der Waals surface area contributed by atoms with Crippen molar-refractivity contribution in [1.29, 1.82) is 0 Å². The van der Waals surface area contributed by atoms with Crippen molar-refractivity contribution in [3.05, 3.63) is 0 Å². The molecule has 0 saturated carbocycles. The molecule has 0 aliphatic heterocycles. The van der Waals surface area contributed by atoms with E-state index in [9.17, 15) is 59.1 Å². The summed E-state index contributed by atoms with van der Waals surface area (Å²) in [5, 5.41) is 60.5. The minimum Gasteiger partial charge on any atom is -0.550 e. The number of hydrogen-bond acceptors (Lipinski definition) is 15. The van der Waals surface area contributed by atoms with Gasteiger partial charge in [-0.2, -0.15) is 0 Å². The number of amides is 2. The van der Waals surface area contributed by atoms with E-state index in [0.29, 0.717) is 25.9 Å². The van der Waals surface area contributed by atoms with Gasteiger partial charge in [0.25, 0.3) is 0 Å². The molecule has 58 heavy (non-hydrogen) atoms. The molecule has 17 nitrogen and oxygen atoms in total. The van der Waals surface area contributed by atoms with Crippen molar-refractivity contribution < 1.29 is 207 Å². The predicted molar refractivity (Wildman–Crippen MR) is 183 cm³/mol. The number of carbonyl (C=O) groups is 7. The summed E-state index contributed by atoms with van der Waals surface area (Å²) < 4.78 is 0. The van der Waals surface area contributed by atoms with E-state index in [-0.39, 0.29) is 200 Å². The second-order valence-corrected chi connectivity index (χ2v) is 13.4. The van der Waals surface area contributed by atoms with E-state index in [1.54, 1.807) is 0 Å². The van der Waals surface area contributed by atoms with Crippen LogP contribution in [0, 0.1) is 0 Å². The molecule has 2 amide bonds. The molecule has 0 aromatic rings. The van der Waals surface area contributed by atoms with Gasteiger partial charge < -0.3 is 60.1 Å². The van der Waals surface area contributed by atoms with Crippen LogP contribution in [0.4, 0.5) is 0 Å². The van der Waals surface area contributed by atoms with Gasteiger partial charge in [0.15, 0.2) is 0 Å². The number of carboxylic acid groups (broad SMARTS) is 5. The van der Waals surface area contributed by atoms with Crippen LogP contribution in [0.5, 0.6) is 0 Å². The summed E-state index contributed by atoms with van der Waals surface area (Å²) in [6.45, 7) is -1.42. The summed E-state index contributed by atoms with van der Waals surface area (Å²) >= 11 is 0. The van der Waals surface area contributed by atoms with Crippen LogP contribution in [-0.4, -0.2) is 128 Å². The van der Waals surface area contributed by atoms with Crippen molar-refractivity contribution in [3.63, 3.8) is 0 Å². The molecule has 2 N–H and O–H groups in total. The van der Waals surface area contributed by atoms with Crippen LogP contribution < -0.4 is 184 Å². The first-order chi connectivity index (χ1) is 25.3. The number of carboxylic acids is 5. The number of rotatable bonds is 38. The molecule has 306 valence electrons. The zero-order valence-electron chi connectivity index (χ0n) is 36.2. The van der Waals surface area contributed by atoms with Gasteiger partial charge in [0.2, 0.25) is 11.8 Å². The molecule has 0 spiro atoms. The van der Waals surface area contributed by atoms with Crippen molar-refractivity contribution in [2.24, 2.45) is 0 Å². The largest absolute Gasteiger partial charge is 1.00 e. The van der Waals surface area contributed by atoms with Crippen molar-refractivity contribution in [3.8, 4) is 0 Å². The van der Waals surface area contributed by atoms with Gasteiger partial charge in [0.1, 0.15) is 0 Å². The molecule has 0 aromatic heterocycles. The maximum absolute atomic E-state index is 12.5. The maximum atomic E-state index is 12.5. The second-order valence-electron chi connectivity index (χ2n) is 13.4. The van der Waals surface area contributed by atoms with E-state index in [1.807, 2.05) is 0 Å². The molecule has 22 heteroatoms. The van der Waals surface area contributed by atoms with Crippen LogP contribution in [0.2, 0.25) is 0 Å². The summed E-state index contributed by atoms with van der Waals surface area (Å²) in [4.78, 5) is 84.0. The average Bonchev–Trinajstić information content (AvgIpc) is 3.06. The molecule has 0 aliphatic rings. The third kappa shape index (κ3) is 51.5. The standard InChI is InChI=1S/C36H65N5O12.5Na/c42-30(37-19-15-11-7-3-1-5-9-13-17-32(44)45)25-40(28-35(50)51)23-21-39(27-34(48)49)22-24-41(29-36(52)53)26-31(43)38-20-16-12-8-4-2-6-10-14-18-33(46)47;;;;;/h1-29H2,(H,37,42)(H,38,43)(H,44,45)(H,46,47)(H,48,49)(H,50,51)(H,52,53);;;;;/q;5*+1/p-5. The fourth-order valence-corrected chi connectivity index (χ4v) is 5.69. The van der Waals surface area contributed by atoms with Gasteiger partial charge in [0.05, 0.1) is 31.0 Å². The molecule has 0 aliphatic carbocycles. The SMILES string of the molecule is O=C([O-])CCCCCCCCCCNC(=O)CN(CCN(CCN(CC(=O)[O-])CC(=O)NCCCCCCCCCCC(=O)[O-])CC(=O)[O-])CC(=O)[O-].[Na+].[Na+].[Na+].[Na+].[Na+]. The number of carbonyl (C=O) groups excluding carboxylic acids is 7. The van der Waals surface area contributed by atoms with Crippen LogP contribution >= 0.6 is 0 Å². The third-order valence-electron chi connectivity index (χ3n) is 8.52. The molecule has 0 radical (unpaired) electrons. The van der Waals surface area contributed by atoms with Gasteiger partial charge in [-0.15, -0.1) is 0 Å². The Labute approximate surface area is 455 Å². The van der Waals surface area contributed by atoms with Crippen LogP contribution in [0.1, 0.15) is 116 Å². The third-order valence-corrected chi connectivity index (χ3v) is 8.52. The van der Waals surface area contributed by atoms with Gasteiger partial charge >= 0.3 is 148 Å². The molecule has 0 heterocycles. The van der Waals surface area contributed by atoms with Gasteiger partial charge in [0, 0.05) is 70.8 Å². The number of nitrogens with zero attached hydrogens (tertiary/aromatic N) is 3. The Kier molecular flexibility index (Phi) is 60.1. The predicted octanol–water partition coefficient (Wildman–Crippen LogP) is -19.1. The van der Waals surface area contributed by atoms with Crippen LogP contribution in [0.3, 0.4) is 0 Å². The zero-order valence-corrected chi connectivity index (χ0v) is 46.2. The van der Waals surface area contributed by atoms with E-state index < -0.39 is 61.3 Å². The molecule has 0 rings (SSSR count). The summed E-state index contributed by atoms with van der Waals surface area (Å²) in [7, 11) is 0. The zero-order chi connectivity index (χ0) is 39.7. The Bertz CT molecular complexity index is 1030. The smallest absolute Gasteiger partial charge is 0.550 e. The minimum absolute atomic E-state index is 0. The van der Waals surface area contributed by atoms with Crippen LogP contribution in [0.15, 0.2) is 0 Å². The van der Waals surface area contributed by atoms with Crippen LogP contribution in [-0.2, 0) is 33.6 Å². The Morgan fingerprint density at radius 1 is 0.310 bits per heavy atom. The molecular formula is C36H60N5Na5O12. The van der Waals surface area contributed by atoms with Crippen molar-refractivity contribution >= 4 is 41.7 Å². The van der Waals surface area contributed by atoms with Gasteiger partial charge in [-0.05, 0) is 38.5 Å². The molecule has 0 saturated heterocycles. The number of nitrogens with one attached hydrogen (secondary N) is 2. The van der Waals surface area contributed by atoms with E-state index in [2.05, 4.69) is 10.6 Å². The Morgan fingerprint density at radius 3 is 0.828 bits per heavy atom. The van der Waals surface area contributed by atoms with E-state index in [1.165, 1.54) is 14.7 Å². The second kappa shape index (κ2) is 49.2.